The Bertz CT molecular complexity index is 1120. The zero-order chi connectivity index (χ0) is 20.9. The first-order chi connectivity index (χ1) is 14.6. The highest BCUT2D eigenvalue weighted by atomic mass is 16.5. The van der Waals surface area contributed by atoms with Gasteiger partial charge in [0.05, 0.1) is 13.2 Å². The Kier molecular flexibility index (Phi) is 4.10. The van der Waals surface area contributed by atoms with E-state index in [0.29, 0.717) is 11.3 Å². The third-order valence-corrected chi connectivity index (χ3v) is 6.14. The predicted octanol–water partition coefficient (Wildman–Crippen LogP) is 2.43. The first-order valence-corrected chi connectivity index (χ1v) is 9.82. The summed E-state index contributed by atoms with van der Waals surface area (Å²) in [5, 5.41) is 3.03. The Labute approximate surface area is 173 Å². The number of benzene rings is 2. The van der Waals surface area contributed by atoms with Crippen molar-refractivity contribution in [2.75, 3.05) is 7.11 Å². The van der Waals surface area contributed by atoms with Crippen molar-refractivity contribution in [3.63, 3.8) is 0 Å². The molecule has 2 amide bonds. The number of hydrogen-bond donors (Lipinski definition) is 1. The summed E-state index contributed by atoms with van der Waals surface area (Å²) in [5.74, 6) is -0.126. The highest BCUT2D eigenvalue weighted by Crippen LogP contribution is 2.51. The molecule has 30 heavy (non-hydrogen) atoms. The third kappa shape index (κ3) is 2.46. The Morgan fingerprint density at radius 3 is 2.53 bits per heavy atom. The average Bonchev–Trinajstić information content (AvgIpc) is 3.06. The monoisotopic (exact) mass is 400 g/mol. The number of hydrogen-bond acceptors (Lipinski definition) is 4. The number of nitrogens with one attached hydrogen (secondary N) is 1. The summed E-state index contributed by atoms with van der Waals surface area (Å²) in [6, 6.07) is 15.4. The average molecular weight is 400 g/mol. The molecule has 3 aliphatic rings. The SMILES string of the molecule is COc1ccccc1[C@@H]1C(=O)N[C@@H]2CC(=O)C=C[C@@]23C(c2ccccc2)=CC(=O)N13. The molecule has 5 rings (SSSR count). The van der Waals surface area contributed by atoms with Crippen molar-refractivity contribution in [3.8, 4) is 5.75 Å². The Morgan fingerprint density at radius 2 is 1.77 bits per heavy atom. The maximum Gasteiger partial charge on any atom is 0.248 e. The smallest absolute Gasteiger partial charge is 0.248 e. The second-order valence-corrected chi connectivity index (χ2v) is 7.67. The van der Waals surface area contributed by atoms with Crippen LogP contribution in [0.3, 0.4) is 0 Å². The minimum atomic E-state index is -0.939. The largest absolute Gasteiger partial charge is 0.496 e. The van der Waals surface area contributed by atoms with Crippen LogP contribution in [0.15, 0.2) is 72.8 Å². The number of carbonyl (C=O) groups is 3. The summed E-state index contributed by atoms with van der Waals surface area (Å²) in [5.41, 5.74) is 1.33. The molecule has 0 radical (unpaired) electrons. The molecule has 1 spiro atoms. The molecule has 0 unspecified atom stereocenters. The lowest BCUT2D eigenvalue weighted by Gasteiger charge is -2.52. The number of nitrogens with zero attached hydrogens (tertiary/aromatic N) is 1. The third-order valence-electron chi connectivity index (χ3n) is 6.14. The van der Waals surface area contributed by atoms with Crippen molar-refractivity contribution >= 4 is 23.2 Å². The number of amides is 2. The fourth-order valence-electron chi connectivity index (χ4n) is 4.88. The first kappa shape index (κ1) is 18.4. The molecule has 1 saturated heterocycles. The predicted molar refractivity (Wildman–Crippen MR) is 110 cm³/mol. The minimum Gasteiger partial charge on any atom is -0.496 e. The number of ether oxygens (including phenoxy) is 1. The second kappa shape index (κ2) is 6.69. The molecule has 2 aromatic rings. The lowest BCUT2D eigenvalue weighted by atomic mass is 9.72. The fraction of sp³-hybridized carbons (Fsp3) is 0.208. The lowest BCUT2D eigenvalue weighted by Crippen LogP contribution is -2.69. The van der Waals surface area contributed by atoms with Crippen LogP contribution in [-0.2, 0) is 14.4 Å². The lowest BCUT2D eigenvalue weighted by molar-refractivity contribution is -0.147. The standard InChI is InChI=1S/C24H20N2O4/c1-30-19-10-6-5-9-17(19)22-23(29)25-20-13-16(27)11-12-24(20)18(14-21(28)26(22)24)15-7-3-2-4-8-15/h2-12,14,20,22H,13H2,1H3,(H,25,29)/t20-,22-,24-/m1/s1. The summed E-state index contributed by atoms with van der Waals surface area (Å²) in [6.45, 7) is 0. The summed E-state index contributed by atoms with van der Waals surface area (Å²) in [7, 11) is 1.54. The zero-order valence-electron chi connectivity index (χ0n) is 16.4. The van der Waals surface area contributed by atoms with Crippen LogP contribution in [0.4, 0.5) is 0 Å². The van der Waals surface area contributed by atoms with Crippen LogP contribution in [0.1, 0.15) is 23.6 Å². The van der Waals surface area contributed by atoms with Gasteiger partial charge in [-0.25, -0.2) is 0 Å². The molecule has 0 bridgehead atoms. The molecular formula is C24H20N2O4. The molecule has 2 aromatic carbocycles. The number of ketones is 1. The van der Waals surface area contributed by atoms with Crippen molar-refractivity contribution < 1.29 is 19.1 Å². The summed E-state index contributed by atoms with van der Waals surface area (Å²) < 4.78 is 5.49. The van der Waals surface area contributed by atoms with Gasteiger partial charge in [-0.1, -0.05) is 48.5 Å². The van der Waals surface area contributed by atoms with E-state index in [2.05, 4.69) is 5.32 Å². The van der Waals surface area contributed by atoms with Crippen LogP contribution in [0.25, 0.3) is 5.57 Å². The van der Waals surface area contributed by atoms with Crippen LogP contribution in [0, 0.1) is 0 Å². The number of para-hydroxylation sites is 1. The zero-order valence-corrected chi connectivity index (χ0v) is 16.4. The summed E-state index contributed by atoms with van der Waals surface area (Å²) in [6.07, 6.45) is 5.02. The number of carbonyl (C=O) groups excluding carboxylic acids is 3. The first-order valence-electron chi connectivity index (χ1n) is 9.82. The van der Waals surface area contributed by atoms with E-state index in [1.165, 1.54) is 13.2 Å². The van der Waals surface area contributed by atoms with Gasteiger partial charge in [0.15, 0.2) is 5.78 Å². The van der Waals surface area contributed by atoms with Crippen molar-refractivity contribution in [3.05, 3.63) is 84.0 Å². The van der Waals surface area contributed by atoms with Crippen LogP contribution in [0.5, 0.6) is 5.75 Å². The molecule has 0 saturated carbocycles. The molecule has 150 valence electrons. The van der Waals surface area contributed by atoms with E-state index in [4.69, 9.17) is 4.74 Å². The quantitative estimate of drug-likeness (QED) is 0.859. The molecule has 6 nitrogen and oxygen atoms in total. The summed E-state index contributed by atoms with van der Waals surface area (Å²) in [4.78, 5) is 40.4. The van der Waals surface area contributed by atoms with E-state index >= 15 is 0 Å². The van der Waals surface area contributed by atoms with Crippen LogP contribution < -0.4 is 10.1 Å². The number of allylic oxidation sites excluding steroid dienone is 1. The van der Waals surface area contributed by atoms with Gasteiger partial charge in [0.25, 0.3) is 0 Å². The van der Waals surface area contributed by atoms with Crippen LogP contribution >= 0.6 is 0 Å². The second-order valence-electron chi connectivity index (χ2n) is 7.67. The van der Waals surface area contributed by atoms with E-state index in [9.17, 15) is 14.4 Å². The van der Waals surface area contributed by atoms with Gasteiger partial charge in [0.2, 0.25) is 11.8 Å². The normalized spacial score (nSPS) is 27.3. The molecule has 0 aromatic heterocycles. The van der Waals surface area contributed by atoms with Crippen molar-refractivity contribution in [1.82, 2.24) is 10.2 Å². The molecule has 1 fully saturated rings. The number of piperazine rings is 1. The Morgan fingerprint density at radius 1 is 1.03 bits per heavy atom. The van der Waals surface area contributed by atoms with E-state index in [1.54, 1.807) is 29.2 Å². The molecular weight excluding hydrogens is 380 g/mol. The van der Waals surface area contributed by atoms with Crippen molar-refractivity contribution in [2.45, 2.75) is 24.0 Å². The maximum absolute atomic E-state index is 13.4. The van der Waals surface area contributed by atoms with Gasteiger partial charge < -0.3 is 15.0 Å². The Balaban J connectivity index is 1.74. The maximum atomic E-state index is 13.4. The van der Waals surface area contributed by atoms with Gasteiger partial charge in [-0.3, -0.25) is 14.4 Å². The highest BCUT2D eigenvalue weighted by molar-refractivity contribution is 6.10. The molecule has 2 aliphatic heterocycles. The fourth-order valence-corrected chi connectivity index (χ4v) is 4.88. The van der Waals surface area contributed by atoms with E-state index < -0.39 is 17.6 Å². The van der Waals surface area contributed by atoms with Gasteiger partial charge >= 0.3 is 0 Å². The summed E-state index contributed by atoms with van der Waals surface area (Å²) >= 11 is 0. The molecule has 3 atom stereocenters. The van der Waals surface area contributed by atoms with Gasteiger partial charge in [-0.15, -0.1) is 0 Å². The number of methoxy groups -OCH3 is 1. The van der Waals surface area contributed by atoms with Gasteiger partial charge in [0.1, 0.15) is 17.3 Å². The Hall–Kier alpha value is -3.67. The number of rotatable bonds is 3. The molecule has 1 N–H and O–H groups in total. The van der Waals surface area contributed by atoms with Gasteiger partial charge in [-0.05, 0) is 29.4 Å². The minimum absolute atomic E-state index is 0.0756. The topological polar surface area (TPSA) is 75.7 Å². The molecule has 6 heteroatoms. The van der Waals surface area contributed by atoms with E-state index in [0.717, 1.165) is 11.1 Å². The van der Waals surface area contributed by atoms with Crippen LogP contribution in [-0.4, -0.2) is 41.2 Å². The molecule has 2 heterocycles. The van der Waals surface area contributed by atoms with Gasteiger partial charge in [-0.2, -0.15) is 0 Å². The van der Waals surface area contributed by atoms with E-state index in [-0.39, 0.29) is 24.0 Å². The highest BCUT2D eigenvalue weighted by Gasteiger charge is 2.60. The van der Waals surface area contributed by atoms with Crippen molar-refractivity contribution in [1.29, 1.82) is 0 Å². The van der Waals surface area contributed by atoms with E-state index in [1.807, 2.05) is 42.5 Å². The van der Waals surface area contributed by atoms with Gasteiger partial charge in [0, 0.05) is 18.1 Å². The molecule has 1 aliphatic carbocycles. The van der Waals surface area contributed by atoms with Crippen LogP contribution in [0.2, 0.25) is 0 Å². The van der Waals surface area contributed by atoms with Crippen molar-refractivity contribution in [2.24, 2.45) is 0 Å².